The van der Waals surface area contributed by atoms with Crippen molar-refractivity contribution in [2.24, 2.45) is 0 Å². The van der Waals surface area contributed by atoms with Gasteiger partial charge in [-0.25, -0.2) is 0 Å². The average Bonchev–Trinajstić information content (AvgIpc) is 2.73. The van der Waals surface area contributed by atoms with Crippen LogP contribution in [0.5, 0.6) is 11.5 Å². The Balaban J connectivity index is 1.61. The first-order valence-corrected chi connectivity index (χ1v) is 9.89. The summed E-state index contributed by atoms with van der Waals surface area (Å²) in [5.41, 5.74) is 1.06. The molecule has 0 bridgehead atoms. The Hall–Kier alpha value is -2.54. The van der Waals surface area contributed by atoms with Gasteiger partial charge >= 0.3 is 0 Å². The van der Waals surface area contributed by atoms with Crippen LogP contribution >= 0.6 is 15.9 Å². The van der Waals surface area contributed by atoms with Crippen LogP contribution in [0.15, 0.2) is 46.9 Å². The standard InChI is InChI=1S/C21H23BrN2O4/c1-27-17-4-3-5-18(28-2)19(17)20(25)23-16-10-12-24(13-11-16)21(26)14-6-8-15(22)9-7-14/h3-9,16H,10-13H2,1-2H3,(H,23,25). The lowest BCUT2D eigenvalue weighted by molar-refractivity contribution is 0.0698. The molecule has 0 aromatic heterocycles. The van der Waals surface area contributed by atoms with Gasteiger partial charge in [0.05, 0.1) is 14.2 Å². The molecule has 3 rings (SSSR count). The SMILES string of the molecule is COc1cccc(OC)c1C(=O)NC1CCN(C(=O)c2ccc(Br)cc2)CC1. The summed E-state index contributed by atoms with van der Waals surface area (Å²) in [6.45, 7) is 1.20. The summed E-state index contributed by atoms with van der Waals surface area (Å²) < 4.78 is 11.6. The number of amides is 2. The van der Waals surface area contributed by atoms with Gasteiger partial charge in [0.2, 0.25) is 0 Å². The number of likely N-dealkylation sites (tertiary alicyclic amines) is 1. The summed E-state index contributed by atoms with van der Waals surface area (Å²) in [6.07, 6.45) is 1.40. The molecule has 28 heavy (non-hydrogen) atoms. The fraction of sp³-hybridized carbons (Fsp3) is 0.333. The molecule has 7 heteroatoms. The highest BCUT2D eigenvalue weighted by Crippen LogP contribution is 2.28. The Bertz CT molecular complexity index is 824. The first-order chi connectivity index (χ1) is 13.5. The van der Waals surface area contributed by atoms with Crippen LogP contribution in [0.2, 0.25) is 0 Å². The molecular weight excluding hydrogens is 424 g/mol. The normalized spacial score (nSPS) is 14.5. The van der Waals surface area contributed by atoms with Crippen LogP contribution in [0.4, 0.5) is 0 Å². The molecular formula is C21H23BrN2O4. The van der Waals surface area contributed by atoms with Crippen LogP contribution < -0.4 is 14.8 Å². The maximum absolute atomic E-state index is 12.8. The number of rotatable bonds is 5. The Morgan fingerprint density at radius 1 is 1.00 bits per heavy atom. The van der Waals surface area contributed by atoms with E-state index in [1.165, 1.54) is 14.2 Å². The molecule has 0 unspecified atom stereocenters. The summed E-state index contributed by atoms with van der Waals surface area (Å²) in [6, 6.07) is 12.6. The van der Waals surface area contributed by atoms with Crippen LogP contribution in [-0.2, 0) is 0 Å². The molecule has 1 heterocycles. The molecule has 2 amide bonds. The molecule has 1 aliphatic heterocycles. The lowest BCUT2D eigenvalue weighted by Gasteiger charge is -2.32. The van der Waals surface area contributed by atoms with Crippen LogP contribution in [0.3, 0.4) is 0 Å². The van der Waals surface area contributed by atoms with E-state index in [9.17, 15) is 9.59 Å². The quantitative estimate of drug-likeness (QED) is 0.762. The molecule has 0 atom stereocenters. The maximum atomic E-state index is 12.8. The van der Waals surface area contributed by atoms with E-state index in [-0.39, 0.29) is 17.9 Å². The summed E-state index contributed by atoms with van der Waals surface area (Å²) in [5.74, 6) is 0.732. The van der Waals surface area contributed by atoms with Gasteiger partial charge < -0.3 is 19.7 Å². The number of hydrogen-bond acceptors (Lipinski definition) is 4. The van der Waals surface area contributed by atoms with Gasteiger partial charge in [-0.1, -0.05) is 22.0 Å². The van der Waals surface area contributed by atoms with E-state index >= 15 is 0 Å². The van der Waals surface area contributed by atoms with E-state index in [1.807, 2.05) is 29.2 Å². The molecule has 6 nitrogen and oxygen atoms in total. The number of benzene rings is 2. The Morgan fingerprint density at radius 2 is 1.57 bits per heavy atom. The Kier molecular flexibility index (Phi) is 6.57. The molecule has 1 aliphatic rings. The van der Waals surface area contributed by atoms with Crippen molar-refractivity contribution in [1.82, 2.24) is 10.2 Å². The molecule has 148 valence electrons. The van der Waals surface area contributed by atoms with Crippen molar-refractivity contribution in [2.75, 3.05) is 27.3 Å². The van der Waals surface area contributed by atoms with Crippen molar-refractivity contribution < 1.29 is 19.1 Å². The van der Waals surface area contributed by atoms with Gasteiger partial charge in [-0.3, -0.25) is 9.59 Å². The van der Waals surface area contributed by atoms with Crippen LogP contribution in [0, 0.1) is 0 Å². The second kappa shape index (κ2) is 9.10. The zero-order valence-electron chi connectivity index (χ0n) is 15.9. The number of carbonyl (C=O) groups excluding carboxylic acids is 2. The van der Waals surface area contributed by atoms with Crippen LogP contribution in [-0.4, -0.2) is 50.1 Å². The predicted octanol–water partition coefficient (Wildman–Crippen LogP) is 3.50. The third-order valence-electron chi connectivity index (χ3n) is 4.86. The van der Waals surface area contributed by atoms with Crippen molar-refractivity contribution in [3.05, 3.63) is 58.1 Å². The van der Waals surface area contributed by atoms with Crippen molar-refractivity contribution in [3.63, 3.8) is 0 Å². The first kappa shape index (κ1) is 20.2. The number of piperidine rings is 1. The van der Waals surface area contributed by atoms with Gasteiger partial charge in [-0.2, -0.15) is 0 Å². The van der Waals surface area contributed by atoms with E-state index in [1.54, 1.807) is 18.2 Å². The zero-order valence-corrected chi connectivity index (χ0v) is 17.5. The minimum Gasteiger partial charge on any atom is -0.496 e. The Morgan fingerprint density at radius 3 is 2.11 bits per heavy atom. The number of halogens is 1. The Labute approximate surface area is 172 Å². The molecule has 1 fully saturated rings. The fourth-order valence-electron chi connectivity index (χ4n) is 3.33. The van der Waals surface area contributed by atoms with E-state index in [2.05, 4.69) is 21.2 Å². The minimum absolute atomic E-state index is 0.00362. The number of methoxy groups -OCH3 is 2. The van der Waals surface area contributed by atoms with Crippen molar-refractivity contribution >= 4 is 27.7 Å². The number of carbonyl (C=O) groups is 2. The smallest absolute Gasteiger partial charge is 0.259 e. The monoisotopic (exact) mass is 446 g/mol. The lowest BCUT2D eigenvalue weighted by Crippen LogP contribution is -2.46. The molecule has 0 saturated carbocycles. The molecule has 0 spiro atoms. The van der Waals surface area contributed by atoms with Gasteiger partial charge in [0.25, 0.3) is 11.8 Å². The molecule has 2 aromatic carbocycles. The maximum Gasteiger partial charge on any atom is 0.259 e. The average molecular weight is 447 g/mol. The highest BCUT2D eigenvalue weighted by molar-refractivity contribution is 9.10. The largest absolute Gasteiger partial charge is 0.496 e. The third-order valence-corrected chi connectivity index (χ3v) is 5.39. The van der Waals surface area contributed by atoms with E-state index < -0.39 is 0 Å². The number of nitrogens with zero attached hydrogens (tertiary/aromatic N) is 1. The van der Waals surface area contributed by atoms with Crippen LogP contribution in [0.1, 0.15) is 33.6 Å². The van der Waals surface area contributed by atoms with Gasteiger partial charge in [0.15, 0.2) is 0 Å². The summed E-state index contributed by atoms with van der Waals surface area (Å²) in [4.78, 5) is 27.2. The molecule has 0 radical (unpaired) electrons. The number of nitrogens with one attached hydrogen (secondary N) is 1. The number of ether oxygens (including phenoxy) is 2. The lowest BCUT2D eigenvalue weighted by atomic mass is 10.0. The third kappa shape index (κ3) is 4.47. The summed E-state index contributed by atoms with van der Waals surface area (Å²) in [5, 5.41) is 3.05. The topological polar surface area (TPSA) is 67.9 Å². The second-order valence-corrected chi connectivity index (χ2v) is 7.50. The molecule has 0 aliphatic carbocycles. The predicted molar refractivity (Wildman–Crippen MR) is 110 cm³/mol. The summed E-state index contributed by atoms with van der Waals surface area (Å²) in [7, 11) is 3.05. The van der Waals surface area contributed by atoms with Gasteiger partial charge in [0.1, 0.15) is 17.1 Å². The van der Waals surface area contributed by atoms with Gasteiger partial charge in [0, 0.05) is 29.2 Å². The van der Waals surface area contributed by atoms with E-state index in [0.29, 0.717) is 48.6 Å². The summed E-state index contributed by atoms with van der Waals surface area (Å²) >= 11 is 3.38. The van der Waals surface area contributed by atoms with Crippen molar-refractivity contribution in [2.45, 2.75) is 18.9 Å². The van der Waals surface area contributed by atoms with Crippen molar-refractivity contribution in [1.29, 1.82) is 0 Å². The highest BCUT2D eigenvalue weighted by atomic mass is 79.9. The molecule has 1 N–H and O–H groups in total. The van der Waals surface area contributed by atoms with E-state index in [4.69, 9.17) is 9.47 Å². The number of hydrogen-bond donors (Lipinski definition) is 1. The molecule has 1 saturated heterocycles. The second-order valence-electron chi connectivity index (χ2n) is 6.58. The zero-order chi connectivity index (χ0) is 20.1. The van der Waals surface area contributed by atoms with Crippen LogP contribution in [0.25, 0.3) is 0 Å². The van der Waals surface area contributed by atoms with Crippen molar-refractivity contribution in [3.8, 4) is 11.5 Å². The minimum atomic E-state index is -0.230. The molecule has 2 aromatic rings. The fourth-order valence-corrected chi connectivity index (χ4v) is 3.60. The highest BCUT2D eigenvalue weighted by Gasteiger charge is 2.26. The van der Waals surface area contributed by atoms with Gasteiger partial charge in [-0.15, -0.1) is 0 Å². The van der Waals surface area contributed by atoms with E-state index in [0.717, 1.165) is 4.47 Å². The first-order valence-electron chi connectivity index (χ1n) is 9.10. The van der Waals surface area contributed by atoms with Gasteiger partial charge in [-0.05, 0) is 49.2 Å².